The molecular weight excluding hydrogens is 458 g/mol. The van der Waals surface area contributed by atoms with Crippen molar-refractivity contribution in [3.63, 3.8) is 0 Å². The largest absolute Gasteiger partial charge is 0.496 e. The van der Waals surface area contributed by atoms with E-state index in [9.17, 15) is 9.59 Å². The van der Waals surface area contributed by atoms with E-state index in [0.29, 0.717) is 48.8 Å². The average Bonchev–Trinajstić information content (AvgIpc) is 2.87. The zero-order valence-corrected chi connectivity index (χ0v) is 20.5. The summed E-state index contributed by atoms with van der Waals surface area (Å²) >= 11 is 8.07. The van der Waals surface area contributed by atoms with Crippen molar-refractivity contribution in [1.29, 1.82) is 0 Å². The third-order valence-electron chi connectivity index (χ3n) is 6.32. The van der Waals surface area contributed by atoms with E-state index in [1.807, 2.05) is 11.8 Å². The van der Waals surface area contributed by atoms with Gasteiger partial charge in [0.1, 0.15) is 5.75 Å². The van der Waals surface area contributed by atoms with E-state index >= 15 is 0 Å². The Balaban J connectivity index is 1.26. The first kappa shape index (κ1) is 23.8. The molecule has 6 nitrogen and oxygen atoms in total. The third-order valence-corrected chi connectivity index (χ3v) is 7.50. The minimum Gasteiger partial charge on any atom is -0.496 e. The lowest BCUT2D eigenvalue weighted by Gasteiger charge is -2.31. The van der Waals surface area contributed by atoms with Gasteiger partial charge in [-0.25, -0.2) is 0 Å². The van der Waals surface area contributed by atoms with Crippen LogP contribution in [0.5, 0.6) is 5.75 Å². The van der Waals surface area contributed by atoms with Crippen LogP contribution in [-0.2, 0) is 11.3 Å². The van der Waals surface area contributed by atoms with E-state index in [4.69, 9.17) is 16.3 Å². The van der Waals surface area contributed by atoms with Crippen molar-refractivity contribution in [2.45, 2.75) is 19.4 Å². The molecule has 2 saturated heterocycles. The lowest BCUT2D eigenvalue weighted by Crippen LogP contribution is -2.43. The molecule has 0 aliphatic carbocycles. The summed E-state index contributed by atoms with van der Waals surface area (Å²) in [5, 5.41) is 3.57. The number of amides is 2. The summed E-state index contributed by atoms with van der Waals surface area (Å²) in [5.41, 5.74) is 2.80. The fraction of sp³-hybridized carbons (Fsp3) is 0.440. The molecule has 0 radical (unpaired) electrons. The number of thioether (sulfide) groups is 1. The predicted molar refractivity (Wildman–Crippen MR) is 134 cm³/mol. The number of hydrogen-bond acceptors (Lipinski definition) is 5. The number of nitrogens with zero attached hydrogens (tertiary/aromatic N) is 2. The van der Waals surface area contributed by atoms with Gasteiger partial charge >= 0.3 is 0 Å². The van der Waals surface area contributed by atoms with Gasteiger partial charge in [0.05, 0.1) is 12.7 Å². The van der Waals surface area contributed by atoms with Crippen LogP contribution in [0.15, 0.2) is 42.5 Å². The number of carbonyl (C=O) groups is 2. The van der Waals surface area contributed by atoms with E-state index in [-0.39, 0.29) is 17.7 Å². The molecule has 0 saturated carbocycles. The van der Waals surface area contributed by atoms with E-state index in [0.717, 1.165) is 18.7 Å². The Morgan fingerprint density at radius 3 is 2.42 bits per heavy atom. The third kappa shape index (κ3) is 5.95. The van der Waals surface area contributed by atoms with Crippen molar-refractivity contribution in [2.75, 3.05) is 49.7 Å². The van der Waals surface area contributed by atoms with Gasteiger partial charge in [-0.1, -0.05) is 23.7 Å². The monoisotopic (exact) mass is 487 g/mol. The lowest BCUT2D eigenvalue weighted by molar-refractivity contribution is -0.126. The Labute approximate surface area is 204 Å². The predicted octanol–water partition coefficient (Wildman–Crippen LogP) is 4.07. The second-order valence-corrected chi connectivity index (χ2v) is 10.1. The Bertz CT molecular complexity index is 971. The van der Waals surface area contributed by atoms with E-state index in [1.165, 1.54) is 24.3 Å². The van der Waals surface area contributed by atoms with Gasteiger partial charge in [-0.3, -0.25) is 9.59 Å². The first-order valence-corrected chi connectivity index (χ1v) is 12.9. The molecule has 0 aromatic heterocycles. The molecule has 8 heteroatoms. The molecule has 0 spiro atoms. The average molecular weight is 488 g/mol. The highest BCUT2D eigenvalue weighted by Gasteiger charge is 2.29. The van der Waals surface area contributed by atoms with Crippen LogP contribution in [0, 0.1) is 5.92 Å². The van der Waals surface area contributed by atoms with Gasteiger partial charge in [0.25, 0.3) is 5.91 Å². The smallest absolute Gasteiger partial charge is 0.257 e. The zero-order valence-electron chi connectivity index (χ0n) is 18.9. The van der Waals surface area contributed by atoms with E-state index < -0.39 is 0 Å². The normalized spacial score (nSPS) is 17.0. The molecule has 2 amide bonds. The Morgan fingerprint density at radius 2 is 1.76 bits per heavy atom. The van der Waals surface area contributed by atoms with Gasteiger partial charge in [0, 0.05) is 60.9 Å². The van der Waals surface area contributed by atoms with Gasteiger partial charge in [-0.2, -0.15) is 11.8 Å². The minimum atomic E-state index is -0.111. The quantitative estimate of drug-likeness (QED) is 0.665. The van der Waals surface area contributed by atoms with Crippen LogP contribution in [0.2, 0.25) is 5.02 Å². The van der Waals surface area contributed by atoms with Gasteiger partial charge < -0.3 is 19.9 Å². The topological polar surface area (TPSA) is 61.9 Å². The number of methoxy groups -OCH3 is 1. The summed E-state index contributed by atoms with van der Waals surface area (Å²) in [6, 6.07) is 13.5. The summed E-state index contributed by atoms with van der Waals surface area (Å²) in [7, 11) is 1.54. The Kier molecular flexibility index (Phi) is 8.04. The fourth-order valence-electron chi connectivity index (χ4n) is 4.34. The number of ether oxygens (including phenoxy) is 1. The molecule has 2 heterocycles. The highest BCUT2D eigenvalue weighted by molar-refractivity contribution is 7.99. The molecular formula is C25H30ClN3O3S. The molecule has 176 valence electrons. The van der Waals surface area contributed by atoms with Crippen LogP contribution >= 0.6 is 23.4 Å². The summed E-state index contributed by atoms with van der Waals surface area (Å²) in [4.78, 5) is 29.8. The standard InChI is InChI=1S/C25H30ClN3O3S/c1-32-23-7-4-20(26)16-22(23)25(31)29-10-8-19(9-11-29)24(30)27-17-18-2-5-21(6-3-18)28-12-14-33-15-13-28/h2-7,16,19H,8-15,17H2,1H3,(H,27,30). The van der Waals surface area contributed by atoms with Crippen LogP contribution < -0.4 is 15.0 Å². The molecule has 2 fully saturated rings. The number of nitrogens with one attached hydrogen (secondary N) is 1. The number of carbonyl (C=O) groups excluding carboxylic acids is 2. The molecule has 0 unspecified atom stereocenters. The molecule has 0 bridgehead atoms. The van der Waals surface area contributed by atoms with Crippen LogP contribution in [0.4, 0.5) is 5.69 Å². The van der Waals surface area contributed by atoms with E-state index in [2.05, 4.69) is 34.5 Å². The van der Waals surface area contributed by atoms with Crippen LogP contribution in [0.3, 0.4) is 0 Å². The maximum absolute atomic E-state index is 12.9. The number of piperidine rings is 1. The molecule has 2 aliphatic heterocycles. The number of benzene rings is 2. The van der Waals surface area contributed by atoms with Crippen molar-refractivity contribution in [3.05, 3.63) is 58.6 Å². The van der Waals surface area contributed by atoms with Crippen LogP contribution in [0.25, 0.3) is 0 Å². The van der Waals surface area contributed by atoms with Gasteiger partial charge in [0.15, 0.2) is 0 Å². The Hall–Kier alpha value is -2.38. The molecule has 2 aliphatic rings. The summed E-state index contributed by atoms with van der Waals surface area (Å²) in [5.74, 6) is 2.72. The lowest BCUT2D eigenvalue weighted by atomic mass is 9.95. The summed E-state index contributed by atoms with van der Waals surface area (Å²) in [6.45, 7) is 3.77. The van der Waals surface area contributed by atoms with Crippen molar-refractivity contribution in [1.82, 2.24) is 10.2 Å². The first-order chi connectivity index (χ1) is 16.0. The number of rotatable bonds is 6. The number of anilines is 1. The summed E-state index contributed by atoms with van der Waals surface area (Å²) in [6.07, 6.45) is 1.29. The maximum Gasteiger partial charge on any atom is 0.257 e. The number of likely N-dealkylation sites (tertiary alicyclic amines) is 1. The van der Waals surface area contributed by atoms with Crippen LogP contribution in [0.1, 0.15) is 28.8 Å². The number of hydrogen-bond donors (Lipinski definition) is 1. The molecule has 33 heavy (non-hydrogen) atoms. The van der Waals surface area contributed by atoms with Crippen molar-refractivity contribution < 1.29 is 14.3 Å². The van der Waals surface area contributed by atoms with Gasteiger partial charge in [-0.15, -0.1) is 0 Å². The van der Waals surface area contributed by atoms with Crippen molar-refractivity contribution in [3.8, 4) is 5.75 Å². The Morgan fingerprint density at radius 1 is 1.06 bits per heavy atom. The molecule has 1 N–H and O–H groups in total. The number of halogens is 1. The van der Waals surface area contributed by atoms with Crippen LogP contribution in [-0.4, -0.2) is 61.5 Å². The van der Waals surface area contributed by atoms with Gasteiger partial charge in [-0.05, 0) is 48.7 Å². The fourth-order valence-corrected chi connectivity index (χ4v) is 5.42. The molecule has 0 atom stereocenters. The SMILES string of the molecule is COc1ccc(Cl)cc1C(=O)N1CCC(C(=O)NCc2ccc(N3CCSCC3)cc2)CC1. The highest BCUT2D eigenvalue weighted by Crippen LogP contribution is 2.27. The second kappa shape index (κ2) is 11.2. The van der Waals surface area contributed by atoms with Crippen molar-refractivity contribution in [2.24, 2.45) is 5.92 Å². The highest BCUT2D eigenvalue weighted by atomic mass is 35.5. The maximum atomic E-state index is 12.9. The molecule has 2 aromatic carbocycles. The van der Waals surface area contributed by atoms with Gasteiger partial charge in [0.2, 0.25) is 5.91 Å². The molecule has 4 rings (SSSR count). The summed E-state index contributed by atoms with van der Waals surface area (Å²) < 4.78 is 5.31. The van der Waals surface area contributed by atoms with E-state index in [1.54, 1.807) is 23.1 Å². The second-order valence-electron chi connectivity index (χ2n) is 8.39. The first-order valence-electron chi connectivity index (χ1n) is 11.4. The zero-order chi connectivity index (χ0) is 23.2. The molecule has 2 aromatic rings. The minimum absolute atomic E-state index is 0.0552. The van der Waals surface area contributed by atoms with Crippen molar-refractivity contribution >= 4 is 40.9 Å².